The van der Waals surface area contributed by atoms with E-state index in [1.807, 2.05) is 17.0 Å². The highest BCUT2D eigenvalue weighted by Gasteiger charge is 2.45. The minimum atomic E-state index is -3.71. The number of fused-ring (bicyclic) bond motifs is 4. The molecular formula is C20H16N2O3S2. The number of rotatable bonds is 1. The number of anilines is 3. The second-order valence-electron chi connectivity index (χ2n) is 6.92. The molecule has 0 saturated carbocycles. The molecule has 2 aromatic carbocycles. The van der Waals surface area contributed by atoms with Crippen molar-refractivity contribution in [3.05, 3.63) is 60.3 Å². The average molecular weight is 396 g/mol. The van der Waals surface area contributed by atoms with Crippen LogP contribution >= 0.6 is 0 Å². The molecule has 0 spiro atoms. The highest BCUT2D eigenvalue weighted by Crippen LogP contribution is 2.55. The van der Waals surface area contributed by atoms with Gasteiger partial charge in [-0.2, -0.15) is 0 Å². The maximum absolute atomic E-state index is 13.3. The lowest BCUT2D eigenvalue weighted by Crippen LogP contribution is -2.29. The third-order valence-corrected chi connectivity index (χ3v) is 8.30. The van der Waals surface area contributed by atoms with Gasteiger partial charge < -0.3 is 4.55 Å². The van der Waals surface area contributed by atoms with Crippen molar-refractivity contribution in [3.8, 4) is 0 Å². The first kappa shape index (κ1) is 16.8. The molecule has 7 heteroatoms. The van der Waals surface area contributed by atoms with Crippen molar-refractivity contribution in [2.45, 2.75) is 39.3 Å². The zero-order valence-electron chi connectivity index (χ0n) is 14.7. The average Bonchev–Trinajstić information content (AvgIpc) is 2.67. The first-order valence-corrected chi connectivity index (χ1v) is 11.2. The second kappa shape index (κ2) is 5.58. The summed E-state index contributed by atoms with van der Waals surface area (Å²) in [6.07, 6.45) is 1.64. The van der Waals surface area contributed by atoms with Crippen LogP contribution in [0.1, 0.15) is 25.3 Å². The predicted octanol–water partition coefficient (Wildman–Crippen LogP) is 4.30. The van der Waals surface area contributed by atoms with Gasteiger partial charge >= 0.3 is 0 Å². The zero-order chi connectivity index (χ0) is 18.9. The minimum absolute atomic E-state index is 0.175. The summed E-state index contributed by atoms with van der Waals surface area (Å²) in [4.78, 5) is 7.81. The van der Waals surface area contributed by atoms with Crippen molar-refractivity contribution in [3.63, 3.8) is 0 Å². The third-order valence-electron chi connectivity index (χ3n) is 5.02. The Balaban J connectivity index is 1.93. The fourth-order valence-electron chi connectivity index (χ4n) is 3.66. The summed E-state index contributed by atoms with van der Waals surface area (Å²) < 4.78 is 39.7. The summed E-state index contributed by atoms with van der Waals surface area (Å²) in [7, 11) is -3.71. The van der Waals surface area contributed by atoms with Gasteiger partial charge in [0.15, 0.2) is 10.7 Å². The second-order valence-corrected chi connectivity index (χ2v) is 10.2. The van der Waals surface area contributed by atoms with Crippen molar-refractivity contribution < 1.29 is 13.0 Å². The van der Waals surface area contributed by atoms with Gasteiger partial charge in [0.05, 0.1) is 10.6 Å². The molecule has 1 atom stereocenters. The summed E-state index contributed by atoms with van der Waals surface area (Å²) in [6.45, 7) is 4.13. The quantitative estimate of drug-likeness (QED) is 0.449. The molecule has 136 valence electrons. The van der Waals surface area contributed by atoms with E-state index in [1.165, 1.54) is 0 Å². The van der Waals surface area contributed by atoms with E-state index >= 15 is 0 Å². The lowest BCUT2D eigenvalue weighted by Gasteiger charge is -2.37. The van der Waals surface area contributed by atoms with Gasteiger partial charge in [-0.15, -0.1) is 0 Å². The topological polar surface area (TPSA) is 73.3 Å². The smallest absolute Gasteiger partial charge is 0.210 e. The van der Waals surface area contributed by atoms with E-state index in [-0.39, 0.29) is 15.7 Å². The maximum Gasteiger partial charge on any atom is 0.210 e. The molecule has 0 fully saturated rings. The Morgan fingerprint density at radius 2 is 1.81 bits per heavy atom. The third kappa shape index (κ3) is 2.16. The number of nitrogens with zero attached hydrogens (tertiary/aromatic N) is 2. The number of pyridine rings is 1. The van der Waals surface area contributed by atoms with Crippen molar-refractivity contribution >= 4 is 38.2 Å². The number of aromatic nitrogens is 1. The van der Waals surface area contributed by atoms with Gasteiger partial charge in [0.2, 0.25) is 14.7 Å². The molecule has 0 saturated heterocycles. The SMILES string of the molecule is CC(C)c1ccc2c(c1)N1c3ncccc3[S+]([O-])c3cccc(c31)S2(=O)=O. The molecule has 0 aliphatic carbocycles. The normalized spacial score (nSPS) is 18.7. The molecular weight excluding hydrogens is 380 g/mol. The molecule has 3 heterocycles. The first-order valence-electron chi connectivity index (χ1n) is 8.60. The van der Waals surface area contributed by atoms with Crippen molar-refractivity contribution in [2.75, 3.05) is 4.90 Å². The van der Waals surface area contributed by atoms with Crippen LogP contribution in [0.3, 0.4) is 0 Å². The molecule has 2 aliphatic heterocycles. The molecule has 27 heavy (non-hydrogen) atoms. The van der Waals surface area contributed by atoms with Crippen LogP contribution < -0.4 is 4.90 Å². The van der Waals surface area contributed by atoms with Crippen LogP contribution in [-0.4, -0.2) is 18.0 Å². The number of benzene rings is 2. The standard InChI is InChI=1S/C20H16N2O3S2/c1-12(2)13-8-9-17-14(11-13)22-19-15(5-3-7-18(19)27(17,24)25)26(23)16-6-4-10-21-20(16)22/h3-12H,1-2H3. The van der Waals surface area contributed by atoms with Gasteiger partial charge in [0, 0.05) is 17.4 Å². The summed E-state index contributed by atoms with van der Waals surface area (Å²) >= 11 is -1.48. The number of hydrogen-bond donors (Lipinski definition) is 0. The lowest BCUT2D eigenvalue weighted by atomic mass is 10.0. The van der Waals surface area contributed by atoms with Gasteiger partial charge in [0.1, 0.15) is 10.6 Å². The predicted molar refractivity (Wildman–Crippen MR) is 103 cm³/mol. The molecule has 1 unspecified atom stereocenters. The van der Waals surface area contributed by atoms with Crippen molar-refractivity contribution in [2.24, 2.45) is 0 Å². The minimum Gasteiger partial charge on any atom is -0.606 e. The fraction of sp³-hybridized carbons (Fsp3) is 0.150. The van der Waals surface area contributed by atoms with Crippen LogP contribution in [0.15, 0.2) is 74.3 Å². The highest BCUT2D eigenvalue weighted by molar-refractivity contribution is 7.93. The summed E-state index contributed by atoms with van der Waals surface area (Å²) in [6, 6.07) is 13.9. The van der Waals surface area contributed by atoms with Crippen molar-refractivity contribution in [1.82, 2.24) is 4.98 Å². The van der Waals surface area contributed by atoms with Gasteiger partial charge in [-0.25, -0.2) is 13.4 Å². The molecule has 5 nitrogen and oxygen atoms in total. The van der Waals surface area contributed by atoms with Gasteiger partial charge in [0.25, 0.3) is 0 Å². The van der Waals surface area contributed by atoms with Gasteiger partial charge in [-0.3, -0.25) is 4.90 Å². The molecule has 0 bridgehead atoms. The van der Waals surface area contributed by atoms with Crippen molar-refractivity contribution in [1.29, 1.82) is 0 Å². The Bertz CT molecular complexity index is 1210. The molecule has 3 aromatic rings. The Morgan fingerprint density at radius 1 is 1.04 bits per heavy atom. The lowest BCUT2D eigenvalue weighted by molar-refractivity contribution is 0.589. The molecule has 0 N–H and O–H groups in total. The van der Waals surface area contributed by atoms with E-state index < -0.39 is 21.0 Å². The number of hydrogen-bond acceptors (Lipinski definition) is 5. The monoisotopic (exact) mass is 396 g/mol. The molecule has 2 aliphatic rings. The summed E-state index contributed by atoms with van der Waals surface area (Å²) in [5.74, 6) is 0.768. The van der Waals surface area contributed by atoms with E-state index in [1.54, 1.807) is 42.6 Å². The molecule has 1 aromatic heterocycles. The highest BCUT2D eigenvalue weighted by atomic mass is 32.2. The Morgan fingerprint density at radius 3 is 2.59 bits per heavy atom. The maximum atomic E-state index is 13.3. The van der Waals surface area contributed by atoms with E-state index in [9.17, 15) is 13.0 Å². The van der Waals surface area contributed by atoms with Crippen LogP contribution in [0.25, 0.3) is 0 Å². The first-order chi connectivity index (χ1) is 12.9. The van der Waals surface area contributed by atoms with Gasteiger partial charge in [-0.05, 0) is 47.9 Å². The van der Waals surface area contributed by atoms with Crippen LogP contribution in [0.4, 0.5) is 17.2 Å². The van der Waals surface area contributed by atoms with Gasteiger partial charge in [-0.1, -0.05) is 26.0 Å². The van der Waals surface area contributed by atoms with Crippen LogP contribution in [0.5, 0.6) is 0 Å². The summed E-state index contributed by atoms with van der Waals surface area (Å²) in [5, 5.41) is 0. The van der Waals surface area contributed by atoms with E-state index in [0.29, 0.717) is 27.0 Å². The fourth-order valence-corrected chi connectivity index (χ4v) is 6.67. The molecule has 0 amide bonds. The Kier molecular flexibility index (Phi) is 3.47. The molecule has 0 radical (unpaired) electrons. The molecule has 5 rings (SSSR count). The van der Waals surface area contributed by atoms with Crippen LogP contribution in [0.2, 0.25) is 0 Å². The van der Waals surface area contributed by atoms with E-state index in [0.717, 1.165) is 5.56 Å². The number of para-hydroxylation sites is 1. The van der Waals surface area contributed by atoms with Crippen LogP contribution in [0, 0.1) is 0 Å². The largest absolute Gasteiger partial charge is 0.606 e. The number of sulfone groups is 1. The van der Waals surface area contributed by atoms with E-state index in [2.05, 4.69) is 18.8 Å². The zero-order valence-corrected chi connectivity index (χ0v) is 16.3. The van der Waals surface area contributed by atoms with Crippen LogP contribution in [-0.2, 0) is 21.0 Å². The Hall–Kier alpha value is -2.35. The summed E-state index contributed by atoms with van der Waals surface area (Å²) in [5.41, 5.74) is 2.06. The Labute approximate surface area is 160 Å². The van der Waals surface area contributed by atoms with E-state index in [4.69, 9.17) is 0 Å².